The zero-order valence-corrected chi connectivity index (χ0v) is 65.6. The number of quaternary nitrogens is 1. The second-order valence-corrected chi connectivity index (χ2v) is 30.2. The summed E-state index contributed by atoms with van der Waals surface area (Å²) >= 11 is 0. The van der Waals surface area contributed by atoms with Crippen LogP contribution in [-0.4, -0.2) is 74.9 Å². The summed E-state index contributed by atoms with van der Waals surface area (Å²) in [4.78, 5) is 36.0. The Morgan fingerprint density at radius 1 is 0.327 bits per heavy atom. The average Bonchev–Trinajstić information content (AvgIpc) is 1.08. The van der Waals surface area contributed by atoms with Crippen LogP contribution in [0.3, 0.4) is 0 Å². The number of allylic oxidation sites excluding steroid dienone is 20. The molecule has 0 fully saturated rings. The third kappa shape index (κ3) is 81.4. The fourth-order valence-electron chi connectivity index (χ4n) is 11.8. The summed E-state index contributed by atoms with van der Waals surface area (Å²) in [7, 11) is 1.47. The van der Waals surface area contributed by atoms with Gasteiger partial charge in [0, 0.05) is 12.8 Å². The molecule has 0 aromatic heterocycles. The van der Waals surface area contributed by atoms with Crippen LogP contribution in [0.15, 0.2) is 122 Å². The highest BCUT2D eigenvalue weighted by Crippen LogP contribution is 2.43. The Morgan fingerprint density at radius 3 is 0.867 bits per heavy atom. The predicted octanol–water partition coefficient (Wildman–Crippen LogP) is 27.7. The molecule has 0 aliphatic rings. The molecule has 0 aliphatic carbocycles. The quantitative estimate of drug-likeness (QED) is 0.0211. The maximum atomic E-state index is 12.9. The van der Waals surface area contributed by atoms with Crippen molar-refractivity contribution in [1.29, 1.82) is 0 Å². The van der Waals surface area contributed by atoms with E-state index in [0.29, 0.717) is 17.4 Å². The third-order valence-electron chi connectivity index (χ3n) is 18.0. The Bertz CT molecular complexity index is 2070. The van der Waals surface area contributed by atoms with Crippen LogP contribution in [0, 0.1) is 0 Å². The van der Waals surface area contributed by atoms with Crippen LogP contribution in [-0.2, 0) is 32.7 Å². The standard InChI is InChI=1S/C88H156NO8P/c1-6-8-10-12-14-16-18-20-22-24-26-28-30-32-34-36-38-40-42-44-46-48-50-52-54-56-58-60-62-64-66-68-70-72-74-76-78-80-87(90)94-84-86(85-96-98(92,93)95-83-82-89(3,4)5)97-88(91)81-79-77-75-73-71-69-67-65-63-61-59-57-55-53-51-49-47-45-43-41-39-37-35-33-31-29-27-25-23-21-19-17-15-13-11-9-7-2/h9,11,15,17,21,23,27,29,33,35,39,41,45,47,51,53,57,59,63,65,86H,6-8,10,12-14,16,18-20,22,24-26,28,30-32,34,36-38,40,42-44,46,48-50,52,54-56,58,60-62,64,66-85H2,1-5H3/p+1/b11-9-,17-15-,23-21-,29-27-,35-33-,41-39-,47-45-,53-51-,59-57-,65-63-. The summed E-state index contributed by atoms with van der Waals surface area (Å²) in [6.45, 7) is 4.34. The second-order valence-electron chi connectivity index (χ2n) is 28.8. The fourth-order valence-corrected chi connectivity index (χ4v) is 12.5. The van der Waals surface area contributed by atoms with Crippen LogP contribution in [0.2, 0.25) is 0 Å². The molecule has 2 atom stereocenters. The van der Waals surface area contributed by atoms with Crippen molar-refractivity contribution in [1.82, 2.24) is 0 Å². The molecule has 0 radical (unpaired) electrons. The molecule has 0 bridgehead atoms. The summed E-state index contributed by atoms with van der Waals surface area (Å²) < 4.78 is 34.8. The van der Waals surface area contributed by atoms with Gasteiger partial charge >= 0.3 is 19.8 Å². The molecule has 10 heteroatoms. The lowest BCUT2D eigenvalue weighted by atomic mass is 10.0. The monoisotopic (exact) mass is 1390 g/mol. The number of carbonyl (C=O) groups is 2. The molecule has 1 N–H and O–H groups in total. The largest absolute Gasteiger partial charge is 0.472 e. The maximum absolute atomic E-state index is 12.9. The number of carbonyl (C=O) groups excluding carboxylic acids is 2. The number of ether oxygens (including phenoxy) is 2. The minimum Gasteiger partial charge on any atom is -0.462 e. The lowest BCUT2D eigenvalue weighted by Crippen LogP contribution is -2.37. The molecule has 98 heavy (non-hydrogen) atoms. The lowest BCUT2D eigenvalue weighted by molar-refractivity contribution is -0.870. The highest BCUT2D eigenvalue weighted by atomic mass is 31.2. The van der Waals surface area contributed by atoms with Gasteiger partial charge in [-0.2, -0.15) is 0 Å². The first-order chi connectivity index (χ1) is 48.0. The highest BCUT2D eigenvalue weighted by molar-refractivity contribution is 7.47. The zero-order chi connectivity index (χ0) is 71.1. The third-order valence-corrected chi connectivity index (χ3v) is 19.0. The Kier molecular flexibility index (Phi) is 74.7. The Hall–Kier alpha value is -3.59. The number of phosphoric acid groups is 1. The van der Waals surface area contributed by atoms with E-state index < -0.39 is 26.5 Å². The molecular formula is C88H157NO8P+. The maximum Gasteiger partial charge on any atom is 0.472 e. The van der Waals surface area contributed by atoms with E-state index in [-0.39, 0.29) is 32.0 Å². The molecule has 0 spiro atoms. The van der Waals surface area contributed by atoms with Crippen molar-refractivity contribution in [3.8, 4) is 0 Å². The molecule has 0 aliphatic heterocycles. The normalized spacial score (nSPS) is 13.7. The number of unbranched alkanes of at least 4 members (excludes halogenated alkanes) is 42. The molecule has 0 heterocycles. The molecular weight excluding hydrogens is 1230 g/mol. The van der Waals surface area contributed by atoms with Gasteiger partial charge in [0.2, 0.25) is 0 Å². The van der Waals surface area contributed by atoms with Gasteiger partial charge < -0.3 is 18.9 Å². The number of phosphoric ester groups is 1. The molecule has 0 rings (SSSR count). The van der Waals surface area contributed by atoms with Gasteiger partial charge in [-0.3, -0.25) is 18.6 Å². The van der Waals surface area contributed by atoms with Crippen LogP contribution >= 0.6 is 7.82 Å². The van der Waals surface area contributed by atoms with Crippen molar-refractivity contribution in [3.63, 3.8) is 0 Å². The number of rotatable bonds is 76. The number of nitrogens with zero attached hydrogens (tertiary/aromatic N) is 1. The minimum atomic E-state index is -4.41. The van der Waals surface area contributed by atoms with Crippen molar-refractivity contribution in [2.24, 2.45) is 0 Å². The molecule has 0 aromatic carbocycles. The second kappa shape index (κ2) is 77.6. The van der Waals surface area contributed by atoms with E-state index in [1.165, 1.54) is 218 Å². The van der Waals surface area contributed by atoms with Gasteiger partial charge in [-0.05, 0) is 89.9 Å². The Balaban J connectivity index is 4.01. The summed E-state index contributed by atoms with van der Waals surface area (Å²) in [5, 5.41) is 0. The van der Waals surface area contributed by atoms with Crippen LogP contribution in [0.4, 0.5) is 0 Å². The van der Waals surface area contributed by atoms with E-state index in [4.69, 9.17) is 18.5 Å². The van der Waals surface area contributed by atoms with E-state index >= 15 is 0 Å². The van der Waals surface area contributed by atoms with Crippen molar-refractivity contribution < 1.29 is 42.1 Å². The van der Waals surface area contributed by atoms with Crippen molar-refractivity contribution in [2.45, 2.75) is 380 Å². The molecule has 0 saturated heterocycles. The van der Waals surface area contributed by atoms with E-state index in [0.717, 1.165) is 122 Å². The smallest absolute Gasteiger partial charge is 0.462 e. The van der Waals surface area contributed by atoms with Crippen molar-refractivity contribution in [2.75, 3.05) is 47.5 Å². The summed E-state index contributed by atoms with van der Waals surface area (Å²) in [6.07, 6.45) is 112. The highest BCUT2D eigenvalue weighted by Gasteiger charge is 2.27. The van der Waals surface area contributed by atoms with Gasteiger partial charge in [0.25, 0.3) is 0 Å². The van der Waals surface area contributed by atoms with Gasteiger partial charge in [-0.25, -0.2) is 4.57 Å². The van der Waals surface area contributed by atoms with Crippen LogP contribution in [0.1, 0.15) is 373 Å². The number of hydrogen-bond donors (Lipinski definition) is 1. The van der Waals surface area contributed by atoms with E-state index in [1.807, 2.05) is 21.1 Å². The first kappa shape index (κ1) is 94.4. The molecule has 566 valence electrons. The van der Waals surface area contributed by atoms with Crippen LogP contribution in [0.25, 0.3) is 0 Å². The Labute approximate surface area is 607 Å². The molecule has 9 nitrogen and oxygen atoms in total. The van der Waals surface area contributed by atoms with Crippen LogP contribution in [0.5, 0.6) is 0 Å². The van der Waals surface area contributed by atoms with E-state index in [1.54, 1.807) is 0 Å². The lowest BCUT2D eigenvalue weighted by Gasteiger charge is -2.24. The number of esters is 2. The zero-order valence-electron chi connectivity index (χ0n) is 64.8. The van der Waals surface area contributed by atoms with Crippen molar-refractivity contribution >= 4 is 19.8 Å². The summed E-state index contributed by atoms with van der Waals surface area (Å²) in [5.74, 6) is -0.806. The summed E-state index contributed by atoms with van der Waals surface area (Å²) in [6, 6.07) is 0. The van der Waals surface area contributed by atoms with E-state index in [2.05, 4.69) is 135 Å². The van der Waals surface area contributed by atoms with Gasteiger partial charge in [-0.15, -0.1) is 0 Å². The molecule has 0 aromatic rings. The van der Waals surface area contributed by atoms with Gasteiger partial charge in [-0.1, -0.05) is 392 Å². The van der Waals surface area contributed by atoms with Gasteiger partial charge in [0.15, 0.2) is 6.10 Å². The van der Waals surface area contributed by atoms with Crippen molar-refractivity contribution in [3.05, 3.63) is 122 Å². The number of hydrogen-bond acceptors (Lipinski definition) is 7. The fraction of sp³-hybridized carbons (Fsp3) is 0.750. The average molecular weight is 1390 g/mol. The van der Waals surface area contributed by atoms with Gasteiger partial charge in [0.05, 0.1) is 27.7 Å². The first-order valence-electron chi connectivity index (χ1n) is 41.3. The summed E-state index contributed by atoms with van der Waals surface area (Å²) in [5.41, 5.74) is 0. The topological polar surface area (TPSA) is 108 Å². The minimum absolute atomic E-state index is 0.0244. The molecule has 0 amide bonds. The first-order valence-corrected chi connectivity index (χ1v) is 42.8. The van der Waals surface area contributed by atoms with Gasteiger partial charge in [0.1, 0.15) is 19.8 Å². The predicted molar refractivity (Wildman–Crippen MR) is 427 cm³/mol. The van der Waals surface area contributed by atoms with E-state index in [9.17, 15) is 19.0 Å². The SMILES string of the molecule is CC/C=C\C/C=C\C/C=C\C/C=C\C/C=C\C/C=C\C/C=C\C/C=C\C/C=C\C/C=C\CCCCCCCCC(=O)OC(COC(=O)CCCCCCCCCCCCCCCCCCCCCCCCCCCCCCCCCCCCCCC)COP(=O)(O)OCC[N+](C)(C)C. The molecule has 0 saturated carbocycles. The molecule has 2 unspecified atom stereocenters. The number of likely N-dealkylation sites (N-methyl/N-ethyl adjacent to an activating group) is 1. The van der Waals surface area contributed by atoms with Crippen LogP contribution < -0.4 is 0 Å². The Morgan fingerprint density at radius 2 is 0.582 bits per heavy atom.